The van der Waals surface area contributed by atoms with E-state index < -0.39 is 29.4 Å². The first-order chi connectivity index (χ1) is 22.7. The number of anilines is 1. The quantitative estimate of drug-likeness (QED) is 0.0874. The molecule has 48 heavy (non-hydrogen) atoms. The van der Waals surface area contributed by atoms with E-state index in [1.807, 2.05) is 31.8 Å². The molecule has 1 aliphatic rings. The molecule has 2 N–H and O–H groups in total. The fourth-order valence-corrected chi connectivity index (χ4v) is 6.12. The van der Waals surface area contributed by atoms with Crippen molar-refractivity contribution in [3.8, 4) is 0 Å². The summed E-state index contributed by atoms with van der Waals surface area (Å²) in [4.78, 5) is 24.8. The van der Waals surface area contributed by atoms with Gasteiger partial charge in [0.05, 0.1) is 22.2 Å². The molecule has 0 bridgehead atoms. The van der Waals surface area contributed by atoms with Gasteiger partial charge in [-0.1, -0.05) is 32.8 Å². The molecule has 0 unspecified atom stereocenters. The van der Waals surface area contributed by atoms with Crippen molar-refractivity contribution in [2.24, 2.45) is 10.9 Å². The number of aromatic nitrogens is 1. The van der Waals surface area contributed by atoms with Gasteiger partial charge in [0.15, 0.2) is 0 Å². The van der Waals surface area contributed by atoms with Crippen LogP contribution in [0.1, 0.15) is 79.1 Å². The highest BCUT2D eigenvalue weighted by Gasteiger charge is 2.37. The van der Waals surface area contributed by atoms with E-state index in [-0.39, 0.29) is 36.2 Å². The lowest BCUT2D eigenvalue weighted by atomic mass is 10.0. The number of alkyl halides is 6. The molecule has 14 heteroatoms. The average Bonchev–Trinajstić information content (AvgIpc) is 3.56. The van der Waals surface area contributed by atoms with Gasteiger partial charge in [-0.05, 0) is 67.6 Å². The number of pyridine rings is 1. The van der Waals surface area contributed by atoms with Crippen molar-refractivity contribution in [3.63, 3.8) is 0 Å². The molecule has 4 rings (SSSR count). The fourth-order valence-electron chi connectivity index (χ4n) is 6.12. The Labute approximate surface area is 276 Å². The van der Waals surface area contributed by atoms with Crippen molar-refractivity contribution in [1.29, 1.82) is 0 Å². The number of hydrogen-bond acceptors (Lipinski definition) is 5. The molecule has 1 saturated carbocycles. The summed E-state index contributed by atoms with van der Waals surface area (Å²) in [6.45, 7) is 7.85. The summed E-state index contributed by atoms with van der Waals surface area (Å²) in [5.74, 6) is 0.151. The lowest BCUT2D eigenvalue weighted by Gasteiger charge is -2.33. The van der Waals surface area contributed by atoms with Gasteiger partial charge in [0.25, 0.3) is 0 Å². The molecule has 262 valence electrons. The van der Waals surface area contributed by atoms with Crippen LogP contribution in [0.15, 0.2) is 47.5 Å². The van der Waals surface area contributed by atoms with Crippen LogP contribution in [0.3, 0.4) is 0 Å². The Kier molecular flexibility index (Phi) is 11.8. The van der Waals surface area contributed by atoms with Crippen LogP contribution in [0.5, 0.6) is 0 Å². The van der Waals surface area contributed by atoms with E-state index in [1.54, 1.807) is 11.0 Å². The smallest absolute Gasteiger partial charge is 0.416 e. The first-order valence-corrected chi connectivity index (χ1v) is 16.1. The third-order valence-corrected chi connectivity index (χ3v) is 8.67. The molecule has 1 aromatic heterocycles. The third-order valence-electron chi connectivity index (χ3n) is 8.67. The normalized spacial score (nSPS) is 14.6. The van der Waals surface area contributed by atoms with E-state index in [4.69, 9.17) is 4.98 Å². The number of aliphatic imine (C=N–C) groups is 1. The van der Waals surface area contributed by atoms with Crippen LogP contribution in [0, 0.1) is 5.92 Å². The number of nitrogens with zero attached hydrogens (tertiary/aromatic N) is 5. The zero-order valence-electron chi connectivity index (χ0n) is 27.5. The second kappa shape index (κ2) is 15.4. The molecule has 0 radical (unpaired) electrons. The molecule has 0 amide bonds. The molecular formula is C34H42F6N6O2. The minimum Gasteiger partial charge on any atom is -0.478 e. The summed E-state index contributed by atoms with van der Waals surface area (Å²) < 4.78 is 82.9. The topological polar surface area (TPSA) is 84.3 Å². The number of nitrogens with one attached hydrogen (secondary N) is 1. The molecule has 0 spiro atoms. The van der Waals surface area contributed by atoms with Crippen LogP contribution in [-0.4, -0.2) is 65.2 Å². The van der Waals surface area contributed by atoms with E-state index >= 15 is 0 Å². The van der Waals surface area contributed by atoms with E-state index in [0.717, 1.165) is 37.8 Å². The van der Waals surface area contributed by atoms with Gasteiger partial charge in [0, 0.05) is 57.3 Å². The van der Waals surface area contributed by atoms with Crippen LogP contribution in [0.2, 0.25) is 0 Å². The highest BCUT2D eigenvalue weighted by molar-refractivity contribution is 5.93. The van der Waals surface area contributed by atoms with E-state index in [2.05, 4.69) is 15.3 Å². The van der Waals surface area contributed by atoms with Gasteiger partial charge >= 0.3 is 18.3 Å². The van der Waals surface area contributed by atoms with Gasteiger partial charge in [-0.25, -0.2) is 14.8 Å². The maximum absolute atomic E-state index is 13.8. The number of carboxylic acids is 1. The van der Waals surface area contributed by atoms with Crippen molar-refractivity contribution < 1.29 is 36.2 Å². The number of carboxylic acid groups (broad SMARTS) is 1. The predicted molar refractivity (Wildman–Crippen MR) is 174 cm³/mol. The largest absolute Gasteiger partial charge is 0.478 e. The van der Waals surface area contributed by atoms with Gasteiger partial charge in [-0.15, -0.1) is 0 Å². The maximum atomic E-state index is 13.8. The molecule has 0 atom stereocenters. The maximum Gasteiger partial charge on any atom is 0.416 e. The summed E-state index contributed by atoms with van der Waals surface area (Å²) in [5.41, 5.74) is 1.39. The SMILES string of the molecule is CCN(CC)NC(=NC)N(Cc1cc(C(F)(F)F)cc(C(F)(F)F)c1)Cc1cc2ccc(C(=O)O)cc2nc1N(CC)CC1CCCC1. The second-order valence-corrected chi connectivity index (χ2v) is 12.0. The molecule has 0 aliphatic heterocycles. The Hall–Kier alpha value is -4.07. The fraction of sp³-hybridized carbons (Fsp3) is 0.500. The highest BCUT2D eigenvalue weighted by Crippen LogP contribution is 2.37. The van der Waals surface area contributed by atoms with Crippen molar-refractivity contribution in [2.45, 2.75) is 71.9 Å². The Morgan fingerprint density at radius 2 is 1.54 bits per heavy atom. The Balaban J connectivity index is 1.87. The minimum atomic E-state index is -4.99. The number of guanidine groups is 1. The lowest BCUT2D eigenvalue weighted by Crippen LogP contribution is -2.49. The number of halogens is 6. The molecule has 3 aromatic rings. The zero-order chi connectivity index (χ0) is 35.2. The van der Waals surface area contributed by atoms with Crippen molar-refractivity contribution >= 4 is 28.6 Å². The number of aromatic carboxylic acids is 1. The van der Waals surface area contributed by atoms with Crippen LogP contribution < -0.4 is 10.3 Å². The van der Waals surface area contributed by atoms with Gasteiger partial charge < -0.3 is 14.9 Å². The van der Waals surface area contributed by atoms with Crippen molar-refractivity contribution in [1.82, 2.24) is 20.3 Å². The standard InChI is InChI=1S/C34H42F6N6O2/c1-5-44(19-22-10-8-9-11-22)30-26(16-24-12-13-25(31(47)48)17-29(24)42-30)21-45(32(41-4)43-46(6-2)7-3)20-23-14-27(33(35,36)37)18-28(15-23)34(38,39)40/h12-18,22H,5-11,19-21H2,1-4H3,(H,41,43)(H,47,48). The predicted octanol–water partition coefficient (Wildman–Crippen LogP) is 7.82. The first-order valence-electron chi connectivity index (χ1n) is 16.1. The van der Waals surface area contributed by atoms with Gasteiger partial charge in [0.1, 0.15) is 5.82 Å². The highest BCUT2D eigenvalue weighted by atomic mass is 19.4. The lowest BCUT2D eigenvalue weighted by molar-refractivity contribution is -0.143. The van der Waals surface area contributed by atoms with Gasteiger partial charge in [-0.2, -0.15) is 26.3 Å². The number of hydrogen-bond donors (Lipinski definition) is 2. The Morgan fingerprint density at radius 3 is 2.06 bits per heavy atom. The number of rotatable bonds is 12. The van der Waals surface area contributed by atoms with Crippen LogP contribution in [0.4, 0.5) is 32.2 Å². The van der Waals surface area contributed by atoms with E-state index in [1.165, 1.54) is 19.2 Å². The van der Waals surface area contributed by atoms with Crippen LogP contribution in [0.25, 0.3) is 10.9 Å². The number of fused-ring (bicyclic) bond motifs is 1. The molecule has 0 saturated heterocycles. The molecule has 1 aliphatic carbocycles. The summed E-state index contributed by atoms with van der Waals surface area (Å²) in [6.07, 6.45) is -5.61. The van der Waals surface area contributed by atoms with Crippen LogP contribution >= 0.6 is 0 Å². The van der Waals surface area contributed by atoms with E-state index in [9.17, 15) is 36.2 Å². The Morgan fingerprint density at radius 1 is 0.917 bits per heavy atom. The van der Waals surface area contributed by atoms with Crippen molar-refractivity contribution in [2.75, 3.05) is 38.1 Å². The van der Waals surface area contributed by atoms with E-state index in [0.29, 0.717) is 54.4 Å². The number of carbonyl (C=O) groups is 1. The summed E-state index contributed by atoms with van der Waals surface area (Å²) >= 11 is 0. The number of hydrazine groups is 1. The van der Waals surface area contributed by atoms with Gasteiger partial charge in [0.2, 0.25) is 5.96 Å². The summed E-state index contributed by atoms with van der Waals surface area (Å²) in [5, 5.41) is 12.1. The molecular weight excluding hydrogens is 638 g/mol. The van der Waals surface area contributed by atoms with Crippen molar-refractivity contribution in [3.05, 3.63) is 70.3 Å². The number of benzene rings is 2. The summed E-state index contributed by atoms with van der Waals surface area (Å²) in [6, 6.07) is 8.04. The van der Waals surface area contributed by atoms with Gasteiger partial charge in [-0.3, -0.25) is 10.4 Å². The first kappa shape index (κ1) is 36.8. The van der Waals surface area contributed by atoms with Crippen LogP contribution in [-0.2, 0) is 25.4 Å². The monoisotopic (exact) mass is 680 g/mol. The molecule has 2 aromatic carbocycles. The second-order valence-electron chi connectivity index (χ2n) is 12.0. The molecule has 1 fully saturated rings. The molecule has 1 heterocycles. The summed E-state index contributed by atoms with van der Waals surface area (Å²) in [7, 11) is 1.50. The molecule has 8 nitrogen and oxygen atoms in total. The Bertz CT molecular complexity index is 1570. The minimum absolute atomic E-state index is 0.0264. The average molecular weight is 681 g/mol. The zero-order valence-corrected chi connectivity index (χ0v) is 27.5. The third kappa shape index (κ3) is 9.09.